The van der Waals surface area contributed by atoms with Crippen LogP contribution in [0.5, 0.6) is 0 Å². The Labute approximate surface area is 155 Å². The standard InChI is InChI=1S/C19H20N4O2S/c1-14-4-2-6-17-20-15(12-18(24)23(14)17)13-21-7-9-22(10-8-21)19(25)16-5-3-11-26-16/h2-6,11-12H,7-10,13H2,1H3. The predicted octanol–water partition coefficient (Wildman–Crippen LogP) is 2.02. The molecule has 4 rings (SSSR count). The van der Waals surface area contributed by atoms with Crippen molar-refractivity contribution >= 4 is 22.9 Å². The average Bonchev–Trinajstić information content (AvgIpc) is 3.16. The van der Waals surface area contributed by atoms with Crippen molar-refractivity contribution in [2.45, 2.75) is 13.5 Å². The molecule has 0 N–H and O–H groups in total. The zero-order valence-corrected chi connectivity index (χ0v) is 15.4. The van der Waals surface area contributed by atoms with E-state index < -0.39 is 0 Å². The summed E-state index contributed by atoms with van der Waals surface area (Å²) in [5, 5.41) is 1.93. The van der Waals surface area contributed by atoms with Crippen LogP contribution in [0.3, 0.4) is 0 Å². The van der Waals surface area contributed by atoms with E-state index in [1.54, 1.807) is 10.5 Å². The Morgan fingerprint density at radius 2 is 1.96 bits per heavy atom. The molecule has 0 aliphatic carbocycles. The van der Waals surface area contributed by atoms with Crippen LogP contribution < -0.4 is 5.56 Å². The quantitative estimate of drug-likeness (QED) is 0.710. The highest BCUT2D eigenvalue weighted by molar-refractivity contribution is 7.12. The fraction of sp³-hybridized carbons (Fsp3) is 0.316. The maximum atomic E-state index is 12.4. The molecule has 1 aliphatic rings. The molecule has 0 unspecified atom stereocenters. The van der Waals surface area contributed by atoms with Crippen LogP contribution in [-0.4, -0.2) is 51.3 Å². The first kappa shape index (κ1) is 16.9. The molecule has 6 nitrogen and oxygen atoms in total. The number of piperazine rings is 1. The van der Waals surface area contributed by atoms with Gasteiger partial charge < -0.3 is 4.90 Å². The van der Waals surface area contributed by atoms with Gasteiger partial charge in [0.25, 0.3) is 11.5 Å². The second-order valence-electron chi connectivity index (χ2n) is 6.49. The van der Waals surface area contributed by atoms with Gasteiger partial charge in [-0.2, -0.15) is 0 Å². The molecule has 1 aliphatic heterocycles. The minimum atomic E-state index is -0.0467. The summed E-state index contributed by atoms with van der Waals surface area (Å²) >= 11 is 1.48. The lowest BCUT2D eigenvalue weighted by Gasteiger charge is -2.34. The summed E-state index contributed by atoms with van der Waals surface area (Å²) in [6.45, 7) is 5.49. The molecule has 0 atom stereocenters. The third kappa shape index (κ3) is 3.27. The summed E-state index contributed by atoms with van der Waals surface area (Å²) in [5.74, 6) is 0.109. The Kier molecular flexibility index (Phi) is 4.57. The van der Waals surface area contributed by atoms with Crippen molar-refractivity contribution in [3.05, 3.63) is 68.4 Å². The Morgan fingerprint density at radius 3 is 2.69 bits per heavy atom. The summed E-state index contributed by atoms with van der Waals surface area (Å²) in [7, 11) is 0. The van der Waals surface area contributed by atoms with Crippen molar-refractivity contribution in [3.63, 3.8) is 0 Å². The van der Waals surface area contributed by atoms with Crippen molar-refractivity contribution in [3.8, 4) is 0 Å². The summed E-state index contributed by atoms with van der Waals surface area (Å²) in [6.07, 6.45) is 0. The van der Waals surface area contributed by atoms with E-state index in [1.807, 2.05) is 47.5 Å². The van der Waals surface area contributed by atoms with E-state index in [0.717, 1.165) is 29.4 Å². The molecule has 3 aromatic heterocycles. The third-order valence-electron chi connectivity index (χ3n) is 4.71. The van der Waals surface area contributed by atoms with Crippen LogP contribution in [0, 0.1) is 6.92 Å². The maximum absolute atomic E-state index is 12.4. The van der Waals surface area contributed by atoms with Gasteiger partial charge in [0.15, 0.2) is 0 Å². The molecule has 0 radical (unpaired) electrons. The molecule has 1 fully saturated rings. The van der Waals surface area contributed by atoms with Crippen LogP contribution in [-0.2, 0) is 6.54 Å². The molecular weight excluding hydrogens is 348 g/mol. The highest BCUT2D eigenvalue weighted by Gasteiger charge is 2.23. The minimum Gasteiger partial charge on any atom is -0.335 e. The van der Waals surface area contributed by atoms with Crippen LogP contribution in [0.2, 0.25) is 0 Å². The molecule has 1 saturated heterocycles. The summed E-state index contributed by atoms with van der Waals surface area (Å²) in [5.41, 5.74) is 2.29. The number of aromatic nitrogens is 2. The highest BCUT2D eigenvalue weighted by Crippen LogP contribution is 2.14. The van der Waals surface area contributed by atoms with Gasteiger partial charge in [-0.25, -0.2) is 4.98 Å². The zero-order chi connectivity index (χ0) is 18.1. The first-order valence-corrected chi connectivity index (χ1v) is 9.53. The number of nitrogens with zero attached hydrogens (tertiary/aromatic N) is 4. The van der Waals surface area contributed by atoms with Crippen molar-refractivity contribution in [2.24, 2.45) is 0 Å². The fourth-order valence-corrected chi connectivity index (χ4v) is 4.03. The Bertz CT molecular complexity index is 988. The number of fused-ring (bicyclic) bond motifs is 1. The topological polar surface area (TPSA) is 57.9 Å². The molecule has 1 amide bonds. The molecule has 4 heterocycles. The number of amides is 1. The van der Waals surface area contributed by atoms with Crippen molar-refractivity contribution < 1.29 is 4.79 Å². The number of rotatable bonds is 3. The van der Waals surface area contributed by atoms with Gasteiger partial charge in [-0.05, 0) is 30.5 Å². The van der Waals surface area contributed by atoms with E-state index in [4.69, 9.17) is 0 Å². The van der Waals surface area contributed by atoms with E-state index in [0.29, 0.717) is 25.3 Å². The number of pyridine rings is 1. The highest BCUT2D eigenvalue weighted by atomic mass is 32.1. The third-order valence-corrected chi connectivity index (χ3v) is 5.57. The van der Waals surface area contributed by atoms with Crippen LogP contribution in [0.25, 0.3) is 5.65 Å². The van der Waals surface area contributed by atoms with Crippen LogP contribution in [0.15, 0.2) is 46.6 Å². The first-order chi connectivity index (χ1) is 12.6. The van der Waals surface area contributed by atoms with Gasteiger partial charge in [-0.15, -0.1) is 11.3 Å². The maximum Gasteiger partial charge on any atom is 0.264 e. The number of carbonyl (C=O) groups excluding carboxylic acids is 1. The Morgan fingerprint density at radius 1 is 1.15 bits per heavy atom. The lowest BCUT2D eigenvalue weighted by atomic mass is 10.2. The van der Waals surface area contributed by atoms with Crippen LogP contribution in [0.1, 0.15) is 21.1 Å². The number of thiophene rings is 1. The van der Waals surface area contributed by atoms with Gasteiger partial charge in [0.2, 0.25) is 0 Å². The van der Waals surface area contributed by atoms with Gasteiger partial charge >= 0.3 is 0 Å². The van der Waals surface area contributed by atoms with Gasteiger partial charge in [-0.1, -0.05) is 12.1 Å². The molecule has 3 aromatic rings. The predicted molar refractivity (Wildman–Crippen MR) is 102 cm³/mol. The molecule has 0 bridgehead atoms. The SMILES string of the molecule is Cc1cccc2nc(CN3CCN(C(=O)c4cccs4)CC3)cc(=O)n12. The number of carbonyl (C=O) groups is 1. The number of hydrogen-bond donors (Lipinski definition) is 0. The average molecular weight is 368 g/mol. The van der Waals surface area contributed by atoms with Crippen molar-refractivity contribution in [1.29, 1.82) is 0 Å². The molecule has 0 spiro atoms. The van der Waals surface area contributed by atoms with Crippen molar-refractivity contribution in [2.75, 3.05) is 26.2 Å². The summed E-state index contributed by atoms with van der Waals surface area (Å²) in [4.78, 5) is 34.4. The molecular formula is C19H20N4O2S. The van der Waals surface area contributed by atoms with Gasteiger partial charge in [0.1, 0.15) is 5.65 Å². The van der Waals surface area contributed by atoms with Gasteiger partial charge in [0.05, 0.1) is 10.6 Å². The van der Waals surface area contributed by atoms with E-state index in [2.05, 4.69) is 9.88 Å². The monoisotopic (exact) mass is 368 g/mol. The second kappa shape index (κ2) is 7.01. The molecule has 26 heavy (non-hydrogen) atoms. The Hall–Kier alpha value is -2.51. The van der Waals surface area contributed by atoms with Crippen LogP contribution >= 0.6 is 11.3 Å². The normalized spacial score (nSPS) is 15.5. The molecule has 0 saturated carbocycles. The molecule has 0 aromatic carbocycles. The Balaban J connectivity index is 1.44. The van der Waals surface area contributed by atoms with E-state index in [9.17, 15) is 9.59 Å². The van der Waals surface area contributed by atoms with E-state index in [-0.39, 0.29) is 11.5 Å². The minimum absolute atomic E-state index is 0.0467. The van der Waals surface area contributed by atoms with Crippen molar-refractivity contribution in [1.82, 2.24) is 19.2 Å². The first-order valence-electron chi connectivity index (χ1n) is 8.65. The van der Waals surface area contributed by atoms with Crippen LogP contribution in [0.4, 0.5) is 0 Å². The number of hydrogen-bond acceptors (Lipinski definition) is 5. The largest absolute Gasteiger partial charge is 0.335 e. The van der Waals surface area contributed by atoms with E-state index in [1.165, 1.54) is 11.3 Å². The lowest BCUT2D eigenvalue weighted by molar-refractivity contribution is 0.0632. The second-order valence-corrected chi connectivity index (χ2v) is 7.44. The zero-order valence-electron chi connectivity index (χ0n) is 14.6. The molecule has 134 valence electrons. The number of aryl methyl sites for hydroxylation is 1. The summed E-state index contributed by atoms with van der Waals surface area (Å²) in [6, 6.07) is 11.1. The lowest BCUT2D eigenvalue weighted by Crippen LogP contribution is -2.48. The van der Waals surface area contributed by atoms with Gasteiger partial charge in [0, 0.05) is 44.5 Å². The smallest absolute Gasteiger partial charge is 0.264 e. The summed E-state index contributed by atoms with van der Waals surface area (Å²) < 4.78 is 1.63. The fourth-order valence-electron chi connectivity index (χ4n) is 3.34. The van der Waals surface area contributed by atoms with Gasteiger partial charge in [-0.3, -0.25) is 18.9 Å². The molecule has 7 heteroatoms. The van der Waals surface area contributed by atoms with E-state index >= 15 is 0 Å².